The summed E-state index contributed by atoms with van der Waals surface area (Å²) >= 11 is 0. The Kier molecular flexibility index (Phi) is 2.37. The summed E-state index contributed by atoms with van der Waals surface area (Å²) in [5, 5.41) is 1.18. The van der Waals surface area contributed by atoms with Gasteiger partial charge in [0.15, 0.2) is 0 Å². The van der Waals surface area contributed by atoms with Crippen molar-refractivity contribution >= 4 is 10.9 Å². The number of para-hydroxylation sites is 1. The number of hydrogen-bond acceptors (Lipinski definition) is 2. The van der Waals surface area contributed by atoms with E-state index < -0.39 is 0 Å². The molecule has 17 heavy (non-hydrogen) atoms. The Morgan fingerprint density at radius 2 is 2.00 bits per heavy atom. The molecule has 84 valence electrons. The lowest BCUT2D eigenvalue weighted by atomic mass is 10.1. The standard InChI is InChI=1S/C14H13N3/c1-10-14(16-9-15-10)8-12-7-6-11-4-2-3-5-13(11)17-12/h2-7,9H,8H2,1H3,(H,15,16). The minimum absolute atomic E-state index is 0.778. The van der Waals surface area contributed by atoms with Crippen LogP contribution in [0.3, 0.4) is 0 Å². The molecule has 3 rings (SSSR count). The summed E-state index contributed by atoms with van der Waals surface area (Å²) in [7, 11) is 0. The molecule has 0 saturated carbocycles. The predicted octanol–water partition coefficient (Wildman–Crippen LogP) is 2.86. The number of imidazole rings is 1. The van der Waals surface area contributed by atoms with Gasteiger partial charge in [0.05, 0.1) is 17.5 Å². The molecule has 1 N–H and O–H groups in total. The summed E-state index contributed by atoms with van der Waals surface area (Å²) in [6.45, 7) is 2.03. The molecule has 1 aromatic carbocycles. The van der Waals surface area contributed by atoms with E-state index in [0.717, 1.165) is 29.0 Å². The van der Waals surface area contributed by atoms with Gasteiger partial charge in [0.2, 0.25) is 0 Å². The lowest BCUT2D eigenvalue weighted by molar-refractivity contribution is 1.03. The van der Waals surface area contributed by atoms with Gasteiger partial charge in [-0.15, -0.1) is 0 Å². The zero-order chi connectivity index (χ0) is 11.7. The van der Waals surface area contributed by atoms with Gasteiger partial charge in [0.25, 0.3) is 0 Å². The Hall–Kier alpha value is -2.16. The Labute approximate surface area is 99.5 Å². The van der Waals surface area contributed by atoms with Gasteiger partial charge in [-0.25, -0.2) is 4.98 Å². The van der Waals surface area contributed by atoms with Crippen LogP contribution in [0.5, 0.6) is 0 Å². The molecule has 3 nitrogen and oxygen atoms in total. The van der Waals surface area contributed by atoms with Crippen molar-refractivity contribution in [3.05, 3.63) is 59.8 Å². The van der Waals surface area contributed by atoms with Crippen molar-refractivity contribution in [2.24, 2.45) is 0 Å². The molecule has 0 bridgehead atoms. The summed E-state index contributed by atoms with van der Waals surface area (Å²) < 4.78 is 0. The van der Waals surface area contributed by atoms with Crippen LogP contribution in [0.2, 0.25) is 0 Å². The molecular formula is C14H13N3. The number of fused-ring (bicyclic) bond motifs is 1. The molecular weight excluding hydrogens is 210 g/mol. The number of rotatable bonds is 2. The lowest BCUT2D eigenvalue weighted by Crippen LogP contribution is -1.94. The van der Waals surface area contributed by atoms with Crippen LogP contribution >= 0.6 is 0 Å². The van der Waals surface area contributed by atoms with Crippen molar-refractivity contribution in [1.82, 2.24) is 15.0 Å². The second-order valence-corrected chi connectivity index (χ2v) is 4.15. The number of H-pyrrole nitrogens is 1. The fourth-order valence-electron chi connectivity index (χ4n) is 1.94. The van der Waals surface area contributed by atoms with Crippen LogP contribution in [-0.2, 0) is 6.42 Å². The highest BCUT2D eigenvalue weighted by molar-refractivity contribution is 5.78. The summed E-state index contributed by atoms with van der Waals surface area (Å²) in [6, 6.07) is 12.3. The molecule has 0 spiro atoms. The number of benzene rings is 1. The van der Waals surface area contributed by atoms with Gasteiger partial charge in [-0.05, 0) is 19.1 Å². The maximum absolute atomic E-state index is 4.64. The zero-order valence-corrected chi connectivity index (χ0v) is 9.64. The van der Waals surface area contributed by atoms with Crippen LogP contribution in [-0.4, -0.2) is 15.0 Å². The third-order valence-corrected chi connectivity index (χ3v) is 2.94. The van der Waals surface area contributed by atoms with Crippen molar-refractivity contribution in [3.8, 4) is 0 Å². The molecule has 2 aromatic heterocycles. The van der Waals surface area contributed by atoms with E-state index in [2.05, 4.69) is 33.2 Å². The summed E-state index contributed by atoms with van der Waals surface area (Å²) in [4.78, 5) is 12.0. The molecule has 2 heterocycles. The van der Waals surface area contributed by atoms with Crippen molar-refractivity contribution in [2.75, 3.05) is 0 Å². The first-order chi connectivity index (χ1) is 8.33. The van der Waals surface area contributed by atoms with E-state index in [-0.39, 0.29) is 0 Å². The number of aryl methyl sites for hydroxylation is 1. The molecule has 0 radical (unpaired) electrons. The van der Waals surface area contributed by atoms with Crippen LogP contribution in [0.15, 0.2) is 42.7 Å². The molecule has 0 unspecified atom stereocenters. The molecule has 0 aliphatic heterocycles. The van der Waals surface area contributed by atoms with Gasteiger partial charge < -0.3 is 4.98 Å². The minimum atomic E-state index is 0.778. The Morgan fingerprint density at radius 1 is 1.12 bits per heavy atom. The number of aromatic nitrogens is 3. The van der Waals surface area contributed by atoms with Gasteiger partial charge in [-0.3, -0.25) is 4.98 Å². The SMILES string of the molecule is Cc1[nH]cnc1Cc1ccc2ccccc2n1. The van der Waals surface area contributed by atoms with Crippen LogP contribution in [0, 0.1) is 6.92 Å². The summed E-state index contributed by atoms with van der Waals surface area (Å²) in [5.74, 6) is 0. The molecule has 0 saturated heterocycles. The molecule has 0 aliphatic rings. The fourth-order valence-corrected chi connectivity index (χ4v) is 1.94. The predicted molar refractivity (Wildman–Crippen MR) is 67.9 cm³/mol. The monoisotopic (exact) mass is 223 g/mol. The van der Waals surface area contributed by atoms with Crippen molar-refractivity contribution in [3.63, 3.8) is 0 Å². The molecule has 0 fully saturated rings. The Morgan fingerprint density at radius 3 is 2.82 bits per heavy atom. The van der Waals surface area contributed by atoms with Gasteiger partial charge in [0.1, 0.15) is 0 Å². The second kappa shape index (κ2) is 4.01. The highest BCUT2D eigenvalue weighted by Gasteiger charge is 2.04. The van der Waals surface area contributed by atoms with Crippen LogP contribution in [0.4, 0.5) is 0 Å². The maximum Gasteiger partial charge on any atom is 0.0925 e. The normalized spacial score (nSPS) is 10.9. The minimum Gasteiger partial charge on any atom is -0.348 e. The van der Waals surface area contributed by atoms with E-state index in [1.54, 1.807) is 6.33 Å². The largest absolute Gasteiger partial charge is 0.348 e. The van der Waals surface area contributed by atoms with Crippen LogP contribution in [0.1, 0.15) is 17.1 Å². The Bertz CT molecular complexity index is 655. The van der Waals surface area contributed by atoms with Crippen molar-refractivity contribution < 1.29 is 0 Å². The van der Waals surface area contributed by atoms with E-state index >= 15 is 0 Å². The Balaban J connectivity index is 1.99. The average molecular weight is 223 g/mol. The first-order valence-electron chi connectivity index (χ1n) is 5.66. The van der Waals surface area contributed by atoms with Crippen molar-refractivity contribution in [1.29, 1.82) is 0 Å². The van der Waals surface area contributed by atoms with E-state index in [1.807, 2.05) is 25.1 Å². The van der Waals surface area contributed by atoms with Gasteiger partial charge >= 0.3 is 0 Å². The highest BCUT2D eigenvalue weighted by atomic mass is 14.9. The van der Waals surface area contributed by atoms with Gasteiger partial charge in [0, 0.05) is 23.2 Å². The quantitative estimate of drug-likeness (QED) is 0.725. The molecule has 3 heteroatoms. The first-order valence-corrected chi connectivity index (χ1v) is 5.66. The van der Waals surface area contributed by atoms with E-state index in [0.29, 0.717) is 0 Å². The van der Waals surface area contributed by atoms with Crippen LogP contribution < -0.4 is 0 Å². The van der Waals surface area contributed by atoms with E-state index in [4.69, 9.17) is 0 Å². The number of pyridine rings is 1. The number of aromatic amines is 1. The molecule has 3 aromatic rings. The number of hydrogen-bond donors (Lipinski definition) is 1. The number of nitrogens with zero attached hydrogens (tertiary/aromatic N) is 2. The van der Waals surface area contributed by atoms with E-state index in [9.17, 15) is 0 Å². The zero-order valence-electron chi connectivity index (χ0n) is 9.64. The molecule has 0 aliphatic carbocycles. The second-order valence-electron chi connectivity index (χ2n) is 4.15. The van der Waals surface area contributed by atoms with Gasteiger partial charge in [-0.1, -0.05) is 24.3 Å². The number of nitrogens with one attached hydrogen (secondary N) is 1. The third kappa shape index (κ3) is 1.91. The third-order valence-electron chi connectivity index (χ3n) is 2.94. The maximum atomic E-state index is 4.64. The van der Waals surface area contributed by atoms with E-state index in [1.165, 1.54) is 5.39 Å². The highest BCUT2D eigenvalue weighted by Crippen LogP contribution is 2.14. The first kappa shape index (κ1) is 10.0. The summed E-state index contributed by atoms with van der Waals surface area (Å²) in [5.41, 5.74) is 4.27. The van der Waals surface area contributed by atoms with Crippen LogP contribution in [0.25, 0.3) is 10.9 Å². The topological polar surface area (TPSA) is 41.6 Å². The molecule has 0 amide bonds. The summed E-state index contributed by atoms with van der Waals surface area (Å²) in [6.07, 6.45) is 2.51. The van der Waals surface area contributed by atoms with Gasteiger partial charge in [-0.2, -0.15) is 0 Å². The average Bonchev–Trinajstić information content (AvgIpc) is 2.75. The smallest absolute Gasteiger partial charge is 0.0925 e. The lowest BCUT2D eigenvalue weighted by Gasteiger charge is -2.02. The fraction of sp³-hybridized carbons (Fsp3) is 0.143. The molecule has 0 atom stereocenters. The van der Waals surface area contributed by atoms with Crippen molar-refractivity contribution in [2.45, 2.75) is 13.3 Å².